The number of esters is 6. The number of ether oxygens (including phenoxy) is 8. The highest BCUT2D eigenvalue weighted by atomic mass is 16.8. The van der Waals surface area contributed by atoms with Gasteiger partial charge in [-0.05, 0) is 24.8 Å². The molecule has 2 spiro atoms. The minimum atomic E-state index is -2.72. The zero-order valence-corrected chi connectivity index (χ0v) is 32.5. The minimum Gasteiger partial charge on any atom is -0.472 e. The first-order valence-electron chi connectivity index (χ1n) is 19.1. The van der Waals surface area contributed by atoms with Gasteiger partial charge in [0, 0.05) is 63.9 Å². The van der Waals surface area contributed by atoms with Crippen molar-refractivity contribution in [2.75, 3.05) is 6.61 Å². The molecule has 306 valence electrons. The molecule has 2 N–H and O–H groups in total. The molecule has 4 saturated carbocycles. The number of furan rings is 1. The third kappa shape index (κ3) is 4.09. The Morgan fingerprint density at radius 1 is 0.929 bits per heavy atom. The molecular formula is C39H48O17. The lowest BCUT2D eigenvalue weighted by Gasteiger charge is -2.77. The van der Waals surface area contributed by atoms with E-state index in [0.29, 0.717) is 5.56 Å². The van der Waals surface area contributed by atoms with Gasteiger partial charge in [-0.25, -0.2) is 0 Å². The third-order valence-electron chi connectivity index (χ3n) is 14.7. The van der Waals surface area contributed by atoms with Gasteiger partial charge in [-0.3, -0.25) is 28.8 Å². The largest absolute Gasteiger partial charge is 0.472 e. The molecule has 7 fully saturated rings. The van der Waals surface area contributed by atoms with Gasteiger partial charge in [-0.2, -0.15) is 0 Å². The zero-order chi connectivity index (χ0) is 40.8. The summed E-state index contributed by atoms with van der Waals surface area (Å²) < 4.78 is 56.6. The van der Waals surface area contributed by atoms with Gasteiger partial charge >= 0.3 is 35.8 Å². The number of carbonyl (C=O) groups excluding carboxylic acids is 6. The maximum Gasteiger partial charge on any atom is 0.306 e. The van der Waals surface area contributed by atoms with Gasteiger partial charge in [-0.1, -0.05) is 27.7 Å². The Balaban J connectivity index is 1.55. The maximum atomic E-state index is 14.5. The van der Waals surface area contributed by atoms with Gasteiger partial charge in [0.15, 0.2) is 24.1 Å². The molecule has 4 bridgehead atoms. The van der Waals surface area contributed by atoms with Crippen LogP contribution in [0.5, 0.6) is 0 Å². The minimum absolute atomic E-state index is 0.0635. The molecule has 4 aliphatic carbocycles. The van der Waals surface area contributed by atoms with E-state index >= 15 is 0 Å². The highest BCUT2D eigenvalue weighted by Crippen LogP contribution is 2.88. The van der Waals surface area contributed by atoms with Crippen LogP contribution < -0.4 is 0 Å². The van der Waals surface area contributed by atoms with E-state index in [1.165, 1.54) is 19.5 Å². The average Bonchev–Trinajstić information content (AvgIpc) is 3.92. The van der Waals surface area contributed by atoms with E-state index in [4.69, 9.17) is 42.3 Å². The Morgan fingerprint density at radius 3 is 2.20 bits per heavy atom. The van der Waals surface area contributed by atoms with Crippen LogP contribution in [0.2, 0.25) is 0 Å². The van der Waals surface area contributed by atoms with E-state index in [0.717, 1.165) is 20.8 Å². The number of hydrogen-bond donors (Lipinski definition) is 2. The Hall–Kier alpha value is -4.06. The second-order valence-corrected chi connectivity index (χ2v) is 17.2. The molecule has 8 rings (SSSR count). The van der Waals surface area contributed by atoms with Crippen molar-refractivity contribution < 1.29 is 81.3 Å². The first-order valence-corrected chi connectivity index (χ1v) is 19.1. The number of aliphatic hydroxyl groups is 2. The molecule has 0 radical (unpaired) electrons. The second-order valence-electron chi connectivity index (χ2n) is 17.2. The van der Waals surface area contributed by atoms with Crippen molar-refractivity contribution in [2.45, 2.75) is 146 Å². The van der Waals surface area contributed by atoms with Crippen LogP contribution in [-0.2, 0) is 66.7 Å². The molecular weight excluding hydrogens is 740 g/mol. The van der Waals surface area contributed by atoms with Crippen LogP contribution in [0.15, 0.2) is 23.0 Å². The molecule has 4 heterocycles. The first-order chi connectivity index (χ1) is 26.2. The van der Waals surface area contributed by atoms with E-state index in [-0.39, 0.29) is 25.7 Å². The lowest BCUT2D eigenvalue weighted by molar-refractivity contribution is -0.449. The Morgan fingerprint density at radius 2 is 1.62 bits per heavy atom. The van der Waals surface area contributed by atoms with Gasteiger partial charge in [0.05, 0.1) is 23.4 Å². The molecule has 3 aliphatic heterocycles. The predicted octanol–water partition coefficient (Wildman–Crippen LogP) is 2.12. The highest BCUT2D eigenvalue weighted by Gasteiger charge is 3.05. The molecule has 7 aliphatic rings. The molecule has 1 aromatic rings. The van der Waals surface area contributed by atoms with E-state index in [2.05, 4.69) is 0 Å². The van der Waals surface area contributed by atoms with Crippen LogP contribution in [0.25, 0.3) is 0 Å². The van der Waals surface area contributed by atoms with Crippen LogP contribution in [0.4, 0.5) is 0 Å². The molecule has 56 heavy (non-hydrogen) atoms. The van der Waals surface area contributed by atoms with E-state index in [9.17, 15) is 39.0 Å². The predicted molar refractivity (Wildman–Crippen MR) is 181 cm³/mol. The standard InChI is InChI=1S/C39H48O17/c1-9-25(44)53-28-29(51-19(4)41)39(47)35-17-49-26(45)13-23(35)32(7)16-36(35,46)38(54-21(6)43,30(32)52-20(5)42)31-37(39)24(14-34(10-2,55-31)56-37)33(28,8)27(50-18(3)40)22-11-12-48-15-22/h11-12,15,23-24,27-31,46-47H,9-10,13-14,16-17H2,1-8H3/t23-,24+,27-,28-,29+,30-,31-,32-,33+,34-,35+,36+,37+,38-,39-/m0/s1. The Kier molecular flexibility index (Phi) is 8.15. The van der Waals surface area contributed by atoms with Crippen LogP contribution in [-0.4, -0.2) is 105 Å². The first kappa shape index (κ1) is 38.8. The summed E-state index contributed by atoms with van der Waals surface area (Å²) in [6, 6.07) is 1.55. The summed E-state index contributed by atoms with van der Waals surface area (Å²) in [5.41, 5.74) is -14.8. The second kappa shape index (κ2) is 11.8. The van der Waals surface area contributed by atoms with Gasteiger partial charge < -0.3 is 52.5 Å². The summed E-state index contributed by atoms with van der Waals surface area (Å²) in [6.07, 6.45) is -6.33. The molecule has 0 amide bonds. The summed E-state index contributed by atoms with van der Waals surface area (Å²) >= 11 is 0. The van der Waals surface area contributed by atoms with Crippen LogP contribution >= 0.6 is 0 Å². The lowest BCUT2D eigenvalue weighted by atomic mass is 9.32. The molecule has 3 saturated heterocycles. The van der Waals surface area contributed by atoms with E-state index in [1.807, 2.05) is 0 Å². The van der Waals surface area contributed by atoms with Gasteiger partial charge in [0.25, 0.3) is 0 Å². The van der Waals surface area contributed by atoms with Gasteiger partial charge in [0.1, 0.15) is 35.6 Å². The summed E-state index contributed by atoms with van der Waals surface area (Å²) in [4.78, 5) is 80.3. The summed E-state index contributed by atoms with van der Waals surface area (Å²) in [5, 5.41) is 28.4. The average molecular weight is 789 g/mol. The number of cyclic esters (lactones) is 1. The topological polar surface area (TPSA) is 230 Å². The van der Waals surface area contributed by atoms with Crippen molar-refractivity contribution in [1.29, 1.82) is 0 Å². The van der Waals surface area contributed by atoms with E-state index in [1.54, 1.807) is 33.8 Å². The monoisotopic (exact) mass is 788 g/mol. The van der Waals surface area contributed by atoms with Crippen LogP contribution in [0.1, 0.15) is 99.2 Å². The van der Waals surface area contributed by atoms with Crippen molar-refractivity contribution in [1.82, 2.24) is 0 Å². The fourth-order valence-electron chi connectivity index (χ4n) is 13.3. The zero-order valence-electron chi connectivity index (χ0n) is 32.5. The summed E-state index contributed by atoms with van der Waals surface area (Å²) in [7, 11) is 0. The van der Waals surface area contributed by atoms with E-state index < -0.39 is 136 Å². The lowest BCUT2D eigenvalue weighted by Crippen LogP contribution is -2.98. The Bertz CT molecular complexity index is 1910. The summed E-state index contributed by atoms with van der Waals surface area (Å²) in [5.74, 6) is -8.74. The normalized spacial score (nSPS) is 47.9. The van der Waals surface area contributed by atoms with Crippen molar-refractivity contribution in [2.24, 2.45) is 28.1 Å². The molecule has 15 atom stereocenters. The molecule has 17 nitrogen and oxygen atoms in total. The highest BCUT2D eigenvalue weighted by molar-refractivity contribution is 5.75. The van der Waals surface area contributed by atoms with Crippen LogP contribution in [0, 0.1) is 28.1 Å². The molecule has 0 aromatic carbocycles. The summed E-state index contributed by atoms with van der Waals surface area (Å²) in [6.45, 7) is 10.5. The fraction of sp³-hybridized carbons (Fsp3) is 0.744. The number of fused-ring (bicyclic) bond motifs is 4. The quantitative estimate of drug-likeness (QED) is 0.270. The molecule has 0 unspecified atom stereocenters. The molecule has 17 heteroatoms. The van der Waals surface area contributed by atoms with Crippen molar-refractivity contribution >= 4 is 35.8 Å². The SMILES string of the molecule is CCC(=O)O[C@H]1[C@@H](OC(C)=O)[C@@]2(O)[C@@]34O[C@@](CC)(C[C@@H]3[C@]1(C)[C@@H](OC(C)=O)c1ccoc1)O[C@@H]4[C@@]1(OC(C)=O)[C@@H](OC(C)=O)[C@@]3(C)C[C@@]1(O)[C@]21COC(=O)C[C@@H]31. The van der Waals surface area contributed by atoms with Gasteiger partial charge in [-0.15, -0.1) is 0 Å². The van der Waals surface area contributed by atoms with Crippen molar-refractivity contribution in [3.8, 4) is 0 Å². The molecule has 1 aromatic heterocycles. The number of hydrogen-bond acceptors (Lipinski definition) is 17. The van der Waals surface area contributed by atoms with Crippen molar-refractivity contribution in [3.63, 3.8) is 0 Å². The third-order valence-corrected chi connectivity index (χ3v) is 14.7. The van der Waals surface area contributed by atoms with Gasteiger partial charge in [0.2, 0.25) is 5.60 Å². The van der Waals surface area contributed by atoms with Crippen molar-refractivity contribution in [3.05, 3.63) is 24.2 Å². The number of rotatable bonds is 9. The number of carbonyl (C=O) groups is 6. The fourth-order valence-corrected chi connectivity index (χ4v) is 13.3. The maximum absolute atomic E-state index is 14.5. The Labute approximate surface area is 321 Å². The van der Waals surface area contributed by atoms with Crippen LogP contribution in [0.3, 0.4) is 0 Å². The smallest absolute Gasteiger partial charge is 0.306 e.